The Morgan fingerprint density at radius 3 is 2.41 bits per heavy atom. The van der Waals surface area contributed by atoms with E-state index in [1.807, 2.05) is 0 Å². The molecule has 0 saturated carbocycles. The van der Waals surface area contributed by atoms with E-state index in [9.17, 15) is 18.4 Å². The zero-order chi connectivity index (χ0) is 24.2. The van der Waals surface area contributed by atoms with Crippen LogP contribution >= 0.6 is 0 Å². The highest BCUT2D eigenvalue weighted by Crippen LogP contribution is 2.19. The number of fused-ring (bicyclic) bond motifs is 2. The highest BCUT2D eigenvalue weighted by atomic mass is 19.2. The highest BCUT2D eigenvalue weighted by molar-refractivity contribution is 5.98. The summed E-state index contributed by atoms with van der Waals surface area (Å²) < 4.78 is 27.4. The van der Waals surface area contributed by atoms with Gasteiger partial charge in [0, 0.05) is 25.6 Å². The number of aromatic nitrogens is 3. The van der Waals surface area contributed by atoms with E-state index in [-0.39, 0.29) is 23.7 Å². The molecule has 1 amide bonds. The third-order valence-electron chi connectivity index (χ3n) is 5.47. The Morgan fingerprint density at radius 2 is 1.76 bits per heavy atom. The largest absolute Gasteiger partial charge is 0.347 e. The lowest BCUT2D eigenvalue weighted by Crippen LogP contribution is -2.25. The molecule has 174 valence electrons. The lowest BCUT2D eigenvalue weighted by Gasteiger charge is -2.07. The summed E-state index contributed by atoms with van der Waals surface area (Å²) in [6.07, 6.45) is 3.60. The predicted octanol–water partition coefficient (Wildman–Crippen LogP) is 3.25. The molecular formula is C25H23F2N5O2. The Kier molecular flexibility index (Phi) is 6.74. The standard InChI is InChI=1S/C16H12F2N4O2.C9H11N/c1-9(23)14-7-13(21-15-4-5-20-22(14)15)16(24)19-8-10-2-3-11(17)12(18)6-10;10-9-5-7-3-1-2-4-8(7)6-9/h2-7H,8H2,1H3,(H,19,24);1-4,9H,5-6,10H2. The fourth-order valence-electron chi connectivity index (χ4n) is 3.80. The van der Waals surface area contributed by atoms with Gasteiger partial charge in [-0.2, -0.15) is 5.10 Å². The van der Waals surface area contributed by atoms with Gasteiger partial charge in [0.15, 0.2) is 23.1 Å². The number of hydrogen-bond donors (Lipinski definition) is 2. The molecular weight excluding hydrogens is 440 g/mol. The fraction of sp³-hybridized carbons (Fsp3) is 0.200. The molecule has 0 atom stereocenters. The molecule has 2 aromatic heterocycles. The lowest BCUT2D eigenvalue weighted by atomic mass is 10.1. The monoisotopic (exact) mass is 463 g/mol. The lowest BCUT2D eigenvalue weighted by molar-refractivity contribution is 0.0946. The van der Waals surface area contributed by atoms with Crippen molar-refractivity contribution in [1.29, 1.82) is 0 Å². The van der Waals surface area contributed by atoms with Crippen molar-refractivity contribution in [1.82, 2.24) is 19.9 Å². The molecule has 34 heavy (non-hydrogen) atoms. The summed E-state index contributed by atoms with van der Waals surface area (Å²) in [5.74, 6) is -2.74. The van der Waals surface area contributed by atoms with Gasteiger partial charge in [0.25, 0.3) is 5.91 Å². The molecule has 1 aliphatic rings. The van der Waals surface area contributed by atoms with Crippen LogP contribution in [0, 0.1) is 11.6 Å². The van der Waals surface area contributed by atoms with Crippen LogP contribution < -0.4 is 11.1 Å². The van der Waals surface area contributed by atoms with E-state index < -0.39 is 17.5 Å². The molecule has 0 fully saturated rings. The van der Waals surface area contributed by atoms with Crippen LogP contribution in [-0.4, -0.2) is 32.3 Å². The number of amides is 1. The maximum atomic E-state index is 13.2. The van der Waals surface area contributed by atoms with Crippen LogP contribution in [0.4, 0.5) is 8.78 Å². The number of carbonyl (C=O) groups excluding carboxylic acids is 2. The van der Waals surface area contributed by atoms with Crippen LogP contribution in [0.25, 0.3) is 5.65 Å². The van der Waals surface area contributed by atoms with Gasteiger partial charge in [0.05, 0.1) is 6.20 Å². The first kappa shape index (κ1) is 23.2. The Morgan fingerprint density at radius 1 is 1.06 bits per heavy atom. The van der Waals surface area contributed by atoms with E-state index in [4.69, 9.17) is 5.73 Å². The van der Waals surface area contributed by atoms with Crippen LogP contribution in [0.3, 0.4) is 0 Å². The summed E-state index contributed by atoms with van der Waals surface area (Å²) in [5.41, 5.74) is 9.69. The first-order valence-electron chi connectivity index (χ1n) is 10.7. The van der Waals surface area contributed by atoms with Gasteiger partial charge in [-0.1, -0.05) is 30.3 Å². The molecule has 0 aliphatic heterocycles. The van der Waals surface area contributed by atoms with Gasteiger partial charge in [-0.3, -0.25) is 9.59 Å². The number of ketones is 1. The van der Waals surface area contributed by atoms with Gasteiger partial charge in [0.2, 0.25) is 0 Å². The van der Waals surface area contributed by atoms with Crippen LogP contribution in [0.15, 0.2) is 60.8 Å². The summed E-state index contributed by atoms with van der Waals surface area (Å²) in [6.45, 7) is 1.36. The van der Waals surface area contributed by atoms with Crippen molar-refractivity contribution in [2.24, 2.45) is 5.73 Å². The average molecular weight is 463 g/mol. The smallest absolute Gasteiger partial charge is 0.270 e. The minimum absolute atomic E-state index is 0.00242. The quantitative estimate of drug-likeness (QED) is 0.453. The van der Waals surface area contributed by atoms with Gasteiger partial charge in [0.1, 0.15) is 11.4 Å². The zero-order valence-electron chi connectivity index (χ0n) is 18.5. The first-order chi connectivity index (χ1) is 16.3. The Balaban J connectivity index is 0.000000226. The summed E-state index contributed by atoms with van der Waals surface area (Å²) in [4.78, 5) is 28.0. The maximum absolute atomic E-state index is 13.2. The van der Waals surface area contributed by atoms with Crippen LogP contribution in [0.1, 0.15) is 44.6 Å². The molecule has 0 bridgehead atoms. The third-order valence-corrected chi connectivity index (χ3v) is 5.47. The minimum Gasteiger partial charge on any atom is -0.347 e. The van der Waals surface area contributed by atoms with Gasteiger partial charge in [-0.25, -0.2) is 18.3 Å². The molecule has 5 rings (SSSR count). The topological polar surface area (TPSA) is 102 Å². The number of nitrogens with zero attached hydrogens (tertiary/aromatic N) is 3. The Labute approximate surface area is 194 Å². The molecule has 0 saturated heterocycles. The molecule has 9 heteroatoms. The SMILES string of the molecule is CC(=O)c1cc(C(=O)NCc2ccc(F)c(F)c2)nc2ccnn12.NC1Cc2ccccc2C1. The van der Waals surface area contributed by atoms with E-state index in [0.29, 0.717) is 17.3 Å². The summed E-state index contributed by atoms with van der Waals surface area (Å²) in [5, 5.41) is 6.53. The van der Waals surface area contributed by atoms with Gasteiger partial charge < -0.3 is 11.1 Å². The zero-order valence-corrected chi connectivity index (χ0v) is 18.5. The van der Waals surface area contributed by atoms with Crippen molar-refractivity contribution < 1.29 is 18.4 Å². The number of Topliss-reactive ketones (excluding diaryl/α,β-unsaturated/α-hetero) is 1. The van der Waals surface area contributed by atoms with Crippen molar-refractivity contribution in [2.45, 2.75) is 32.4 Å². The van der Waals surface area contributed by atoms with Crippen LogP contribution in [0.5, 0.6) is 0 Å². The third kappa shape index (κ3) is 5.15. The number of halogens is 2. The van der Waals surface area contributed by atoms with E-state index in [1.54, 1.807) is 6.07 Å². The molecule has 4 aromatic rings. The van der Waals surface area contributed by atoms with E-state index in [2.05, 4.69) is 39.7 Å². The number of rotatable bonds is 4. The number of benzene rings is 2. The molecule has 2 heterocycles. The molecule has 0 spiro atoms. The van der Waals surface area contributed by atoms with Gasteiger partial charge in [-0.15, -0.1) is 0 Å². The Bertz CT molecular complexity index is 1340. The molecule has 1 aliphatic carbocycles. The van der Waals surface area contributed by atoms with Crippen molar-refractivity contribution in [3.8, 4) is 0 Å². The predicted molar refractivity (Wildman–Crippen MR) is 122 cm³/mol. The molecule has 3 N–H and O–H groups in total. The number of nitrogens with one attached hydrogen (secondary N) is 1. The Hall–Kier alpha value is -3.98. The second-order valence-electron chi connectivity index (χ2n) is 8.05. The molecule has 2 aromatic carbocycles. The first-order valence-corrected chi connectivity index (χ1v) is 10.7. The fourth-order valence-corrected chi connectivity index (χ4v) is 3.80. The number of nitrogens with two attached hydrogens (primary N) is 1. The summed E-state index contributed by atoms with van der Waals surface area (Å²) >= 11 is 0. The molecule has 0 radical (unpaired) electrons. The van der Waals surface area contributed by atoms with Crippen molar-refractivity contribution in [3.05, 3.63) is 101 Å². The molecule has 0 unspecified atom stereocenters. The maximum Gasteiger partial charge on any atom is 0.270 e. The summed E-state index contributed by atoms with van der Waals surface area (Å²) in [6, 6.07) is 15.1. The second kappa shape index (κ2) is 9.88. The van der Waals surface area contributed by atoms with Crippen LogP contribution in [0.2, 0.25) is 0 Å². The normalized spacial score (nSPS) is 12.7. The molecule has 7 nitrogen and oxygen atoms in total. The van der Waals surface area contributed by atoms with Gasteiger partial charge in [-0.05, 0) is 47.7 Å². The van der Waals surface area contributed by atoms with E-state index in [0.717, 1.165) is 25.0 Å². The van der Waals surface area contributed by atoms with Crippen molar-refractivity contribution in [3.63, 3.8) is 0 Å². The minimum atomic E-state index is -0.987. The van der Waals surface area contributed by atoms with Crippen molar-refractivity contribution in [2.75, 3.05) is 0 Å². The van der Waals surface area contributed by atoms with E-state index >= 15 is 0 Å². The summed E-state index contributed by atoms with van der Waals surface area (Å²) in [7, 11) is 0. The second-order valence-corrected chi connectivity index (χ2v) is 8.05. The number of hydrogen-bond acceptors (Lipinski definition) is 5. The number of carbonyl (C=O) groups is 2. The van der Waals surface area contributed by atoms with Gasteiger partial charge >= 0.3 is 0 Å². The van der Waals surface area contributed by atoms with Crippen molar-refractivity contribution >= 4 is 17.3 Å². The average Bonchev–Trinajstić information content (AvgIpc) is 3.44. The highest BCUT2D eigenvalue weighted by Gasteiger charge is 2.16. The van der Waals surface area contributed by atoms with Crippen LogP contribution in [-0.2, 0) is 19.4 Å². The van der Waals surface area contributed by atoms with E-state index in [1.165, 1.54) is 40.9 Å².